The highest BCUT2D eigenvalue weighted by Gasteiger charge is 2.35. The summed E-state index contributed by atoms with van der Waals surface area (Å²) in [5, 5.41) is 3.56. The Morgan fingerprint density at radius 1 is 1.35 bits per heavy atom. The summed E-state index contributed by atoms with van der Waals surface area (Å²) in [6, 6.07) is 0. The fraction of sp³-hybridized carbons (Fsp3) is 1.00. The van der Waals surface area contributed by atoms with E-state index in [1.165, 1.54) is 12.8 Å². The van der Waals surface area contributed by atoms with Crippen molar-refractivity contribution < 1.29 is 8.78 Å². The van der Waals surface area contributed by atoms with E-state index >= 15 is 0 Å². The molecule has 1 rings (SSSR count). The lowest BCUT2D eigenvalue weighted by Crippen LogP contribution is -2.47. The van der Waals surface area contributed by atoms with Crippen LogP contribution in [0.4, 0.5) is 8.78 Å². The van der Waals surface area contributed by atoms with Gasteiger partial charge in [-0.3, -0.25) is 0 Å². The third-order valence-electron chi connectivity index (χ3n) is 4.29. The van der Waals surface area contributed by atoms with Crippen molar-refractivity contribution in [2.45, 2.75) is 52.9 Å². The predicted molar refractivity (Wildman–Crippen MR) is 81.3 cm³/mol. The van der Waals surface area contributed by atoms with Crippen molar-refractivity contribution in [3.8, 4) is 0 Å². The maximum absolute atomic E-state index is 12.5. The Morgan fingerprint density at radius 2 is 2.05 bits per heavy atom. The van der Waals surface area contributed by atoms with Gasteiger partial charge in [0, 0.05) is 13.1 Å². The molecule has 0 radical (unpaired) electrons. The Bertz CT molecular complexity index is 271. The van der Waals surface area contributed by atoms with Gasteiger partial charge in [0.25, 0.3) is 6.43 Å². The molecule has 0 heterocycles. The van der Waals surface area contributed by atoms with Gasteiger partial charge in [0.15, 0.2) is 0 Å². The molecule has 4 heteroatoms. The van der Waals surface area contributed by atoms with E-state index in [-0.39, 0.29) is 12.0 Å². The van der Waals surface area contributed by atoms with Crippen molar-refractivity contribution in [1.82, 2.24) is 10.2 Å². The maximum atomic E-state index is 12.5. The SMILES string of the molecule is CC(C)CNCC1(CN(C)CC(F)F)CCCC(C)C1. The summed E-state index contributed by atoms with van der Waals surface area (Å²) in [6.45, 7) is 9.34. The van der Waals surface area contributed by atoms with E-state index in [0.717, 1.165) is 32.5 Å². The Kier molecular flexibility index (Phi) is 7.38. The van der Waals surface area contributed by atoms with Gasteiger partial charge in [-0.1, -0.05) is 33.6 Å². The molecule has 1 aliphatic carbocycles. The van der Waals surface area contributed by atoms with Crippen LogP contribution in [0, 0.1) is 17.3 Å². The molecule has 0 aromatic carbocycles. The lowest BCUT2D eigenvalue weighted by molar-refractivity contribution is 0.0497. The lowest BCUT2D eigenvalue weighted by Gasteiger charge is -2.43. The quantitative estimate of drug-likeness (QED) is 0.734. The summed E-state index contributed by atoms with van der Waals surface area (Å²) < 4.78 is 25.1. The lowest BCUT2D eigenvalue weighted by atomic mass is 9.69. The predicted octanol–water partition coefficient (Wildman–Crippen LogP) is 3.63. The highest BCUT2D eigenvalue weighted by molar-refractivity contribution is 4.89. The highest BCUT2D eigenvalue weighted by Crippen LogP contribution is 2.39. The van der Waals surface area contributed by atoms with Crippen molar-refractivity contribution in [3.05, 3.63) is 0 Å². The molecular formula is C16H32F2N2. The summed E-state index contributed by atoms with van der Waals surface area (Å²) in [5.74, 6) is 1.34. The van der Waals surface area contributed by atoms with Crippen LogP contribution in [0.5, 0.6) is 0 Å². The number of hydrogen-bond donors (Lipinski definition) is 1. The van der Waals surface area contributed by atoms with Crippen LogP contribution in [-0.4, -0.2) is 44.6 Å². The second kappa shape index (κ2) is 8.28. The molecule has 1 saturated carbocycles. The van der Waals surface area contributed by atoms with E-state index in [2.05, 4.69) is 26.1 Å². The van der Waals surface area contributed by atoms with E-state index in [0.29, 0.717) is 11.8 Å². The largest absolute Gasteiger partial charge is 0.316 e. The van der Waals surface area contributed by atoms with Gasteiger partial charge in [0.1, 0.15) is 0 Å². The molecule has 0 aromatic heterocycles. The zero-order chi connectivity index (χ0) is 15.2. The minimum atomic E-state index is -2.23. The molecule has 0 spiro atoms. The third kappa shape index (κ3) is 6.49. The minimum absolute atomic E-state index is 0.111. The van der Waals surface area contributed by atoms with Gasteiger partial charge in [-0.15, -0.1) is 0 Å². The smallest absolute Gasteiger partial charge is 0.251 e. The second-order valence-corrected chi connectivity index (χ2v) is 7.31. The molecule has 1 aliphatic rings. The van der Waals surface area contributed by atoms with E-state index in [1.807, 2.05) is 11.9 Å². The first kappa shape index (κ1) is 17.8. The average Bonchev–Trinajstić information content (AvgIpc) is 2.26. The molecule has 0 aliphatic heterocycles. The van der Waals surface area contributed by atoms with Crippen LogP contribution in [0.2, 0.25) is 0 Å². The molecule has 0 aromatic rings. The number of hydrogen-bond acceptors (Lipinski definition) is 2. The van der Waals surface area contributed by atoms with Gasteiger partial charge in [-0.05, 0) is 43.7 Å². The van der Waals surface area contributed by atoms with Gasteiger partial charge >= 0.3 is 0 Å². The van der Waals surface area contributed by atoms with Crippen LogP contribution in [0.15, 0.2) is 0 Å². The van der Waals surface area contributed by atoms with Crippen LogP contribution in [-0.2, 0) is 0 Å². The van der Waals surface area contributed by atoms with E-state index in [1.54, 1.807) is 0 Å². The molecule has 2 nitrogen and oxygen atoms in total. The van der Waals surface area contributed by atoms with Gasteiger partial charge < -0.3 is 10.2 Å². The Labute approximate surface area is 123 Å². The summed E-state index contributed by atoms with van der Waals surface area (Å²) in [6.07, 6.45) is 2.60. The monoisotopic (exact) mass is 290 g/mol. The summed E-state index contributed by atoms with van der Waals surface area (Å²) in [7, 11) is 1.83. The fourth-order valence-corrected chi connectivity index (χ4v) is 3.63. The van der Waals surface area contributed by atoms with Crippen molar-refractivity contribution in [2.75, 3.05) is 33.2 Å². The van der Waals surface area contributed by atoms with Crippen molar-refractivity contribution in [2.24, 2.45) is 17.3 Å². The molecule has 1 fully saturated rings. The number of nitrogens with one attached hydrogen (secondary N) is 1. The molecule has 1 N–H and O–H groups in total. The zero-order valence-electron chi connectivity index (χ0n) is 13.6. The van der Waals surface area contributed by atoms with Crippen LogP contribution in [0.1, 0.15) is 46.5 Å². The summed E-state index contributed by atoms with van der Waals surface area (Å²) in [5.41, 5.74) is 0.177. The average molecular weight is 290 g/mol. The molecule has 20 heavy (non-hydrogen) atoms. The minimum Gasteiger partial charge on any atom is -0.316 e. The van der Waals surface area contributed by atoms with Crippen LogP contribution in [0.3, 0.4) is 0 Å². The number of halogens is 2. The molecule has 0 amide bonds. The first-order chi connectivity index (χ1) is 9.33. The maximum Gasteiger partial charge on any atom is 0.251 e. The standard InChI is InChI=1S/C16H32F2N2/c1-13(2)9-19-11-16(7-5-6-14(3)8-16)12-20(4)10-15(17)18/h13-15,19H,5-12H2,1-4H3. The molecule has 2 unspecified atom stereocenters. The number of rotatable bonds is 8. The van der Waals surface area contributed by atoms with Crippen LogP contribution < -0.4 is 5.32 Å². The Hall–Kier alpha value is -0.220. The van der Waals surface area contributed by atoms with Gasteiger partial charge in [0.05, 0.1) is 6.54 Å². The van der Waals surface area contributed by atoms with Gasteiger partial charge in [-0.2, -0.15) is 0 Å². The fourth-order valence-electron chi connectivity index (χ4n) is 3.63. The van der Waals surface area contributed by atoms with Crippen LogP contribution in [0.25, 0.3) is 0 Å². The molecule has 2 atom stereocenters. The van der Waals surface area contributed by atoms with Crippen molar-refractivity contribution in [1.29, 1.82) is 0 Å². The second-order valence-electron chi connectivity index (χ2n) is 7.31. The van der Waals surface area contributed by atoms with Crippen molar-refractivity contribution >= 4 is 0 Å². The first-order valence-corrected chi connectivity index (χ1v) is 8.00. The molecule has 0 saturated heterocycles. The molecule has 120 valence electrons. The molecular weight excluding hydrogens is 258 g/mol. The highest BCUT2D eigenvalue weighted by atomic mass is 19.3. The van der Waals surface area contributed by atoms with E-state index < -0.39 is 6.43 Å². The Balaban J connectivity index is 2.58. The number of alkyl halides is 2. The summed E-state index contributed by atoms with van der Waals surface area (Å²) >= 11 is 0. The van der Waals surface area contributed by atoms with Gasteiger partial charge in [-0.25, -0.2) is 8.78 Å². The van der Waals surface area contributed by atoms with E-state index in [9.17, 15) is 8.78 Å². The first-order valence-electron chi connectivity index (χ1n) is 8.00. The zero-order valence-corrected chi connectivity index (χ0v) is 13.6. The third-order valence-corrected chi connectivity index (χ3v) is 4.29. The normalized spacial score (nSPS) is 27.8. The Morgan fingerprint density at radius 3 is 2.60 bits per heavy atom. The summed E-state index contributed by atoms with van der Waals surface area (Å²) in [4.78, 5) is 1.82. The van der Waals surface area contributed by atoms with Gasteiger partial charge in [0.2, 0.25) is 0 Å². The molecule has 0 bridgehead atoms. The topological polar surface area (TPSA) is 15.3 Å². The van der Waals surface area contributed by atoms with E-state index in [4.69, 9.17) is 0 Å². The van der Waals surface area contributed by atoms with Crippen molar-refractivity contribution in [3.63, 3.8) is 0 Å². The number of nitrogens with zero attached hydrogens (tertiary/aromatic N) is 1. The van der Waals surface area contributed by atoms with Crippen LogP contribution >= 0.6 is 0 Å².